The zero-order chi connectivity index (χ0) is 34.1. The SMILES string of the molecule is NCCCCCCCCCCN1CCN(c2ccc3ncnc(NC(CCNCCCCc4ccc5c(n4)NCCC5)C(=O)O)c3c2)CC1. The van der Waals surface area contributed by atoms with E-state index in [-0.39, 0.29) is 0 Å². The van der Waals surface area contributed by atoms with Gasteiger partial charge in [-0.15, -0.1) is 0 Å². The minimum absolute atomic E-state index is 0.454. The molecule has 1 aromatic carbocycles. The second-order valence-corrected chi connectivity index (χ2v) is 13.7. The first-order chi connectivity index (χ1) is 24.1. The van der Waals surface area contributed by atoms with Crippen molar-refractivity contribution in [1.29, 1.82) is 0 Å². The van der Waals surface area contributed by atoms with E-state index in [1.165, 1.54) is 69.8 Å². The fourth-order valence-electron chi connectivity index (χ4n) is 6.98. The third-order valence-corrected chi connectivity index (χ3v) is 9.99. The summed E-state index contributed by atoms with van der Waals surface area (Å²) in [5, 5.41) is 20.9. The Labute approximate surface area is 292 Å². The summed E-state index contributed by atoms with van der Waals surface area (Å²) in [5.41, 5.74) is 9.98. The lowest BCUT2D eigenvalue weighted by atomic mass is 10.1. The molecule has 1 atom stereocenters. The summed E-state index contributed by atoms with van der Waals surface area (Å²) in [4.78, 5) is 31.0. The van der Waals surface area contributed by atoms with Crippen molar-refractivity contribution in [2.24, 2.45) is 5.73 Å². The van der Waals surface area contributed by atoms with Crippen LogP contribution in [-0.4, -0.2) is 95.9 Å². The van der Waals surface area contributed by atoms with Crippen molar-refractivity contribution in [2.75, 3.05) is 74.4 Å². The Morgan fingerprint density at radius 1 is 0.918 bits per heavy atom. The Kier molecular flexibility index (Phi) is 15.2. The van der Waals surface area contributed by atoms with Gasteiger partial charge in [0, 0.05) is 49.5 Å². The minimum Gasteiger partial charge on any atom is -0.480 e. The molecule has 1 fully saturated rings. The maximum atomic E-state index is 12.2. The Balaban J connectivity index is 1.02. The number of benzene rings is 1. The van der Waals surface area contributed by atoms with Crippen LogP contribution in [0.15, 0.2) is 36.7 Å². The van der Waals surface area contributed by atoms with Gasteiger partial charge in [-0.2, -0.15) is 0 Å². The van der Waals surface area contributed by atoms with Gasteiger partial charge in [0.05, 0.1) is 5.52 Å². The minimum atomic E-state index is -0.879. The number of nitrogens with two attached hydrogens (primary N) is 1. The number of carboxylic acid groups (broad SMARTS) is 1. The number of nitrogens with zero attached hydrogens (tertiary/aromatic N) is 5. The molecule has 11 heteroatoms. The van der Waals surface area contributed by atoms with E-state index < -0.39 is 12.0 Å². The second kappa shape index (κ2) is 20.2. The van der Waals surface area contributed by atoms with Gasteiger partial charge >= 0.3 is 5.97 Å². The highest BCUT2D eigenvalue weighted by atomic mass is 16.4. The largest absolute Gasteiger partial charge is 0.480 e. The molecule has 4 heterocycles. The third kappa shape index (κ3) is 11.8. The quantitative estimate of drug-likeness (QED) is 0.0869. The molecule has 2 aromatic heterocycles. The topological polar surface area (TPSA) is 145 Å². The number of carboxylic acids is 1. The van der Waals surface area contributed by atoms with Gasteiger partial charge in [-0.25, -0.2) is 19.7 Å². The zero-order valence-corrected chi connectivity index (χ0v) is 29.5. The highest BCUT2D eigenvalue weighted by Crippen LogP contribution is 2.27. The molecule has 0 amide bonds. The molecule has 2 aliphatic rings. The monoisotopic (exact) mass is 673 g/mol. The van der Waals surface area contributed by atoms with Crippen molar-refractivity contribution in [2.45, 2.75) is 95.9 Å². The maximum Gasteiger partial charge on any atom is 0.326 e. The smallest absolute Gasteiger partial charge is 0.326 e. The summed E-state index contributed by atoms with van der Waals surface area (Å²) in [6.45, 7) is 8.54. The third-order valence-electron chi connectivity index (χ3n) is 9.99. The molecule has 0 spiro atoms. The molecule has 6 N–H and O–H groups in total. The van der Waals surface area contributed by atoms with E-state index >= 15 is 0 Å². The van der Waals surface area contributed by atoms with Crippen LogP contribution in [0.1, 0.15) is 88.3 Å². The van der Waals surface area contributed by atoms with E-state index in [0.717, 1.165) is 106 Å². The number of aromatic nitrogens is 3. The fraction of sp³-hybridized carbons (Fsp3) is 0.632. The lowest BCUT2D eigenvalue weighted by molar-refractivity contribution is -0.138. The molecule has 0 saturated carbocycles. The van der Waals surface area contributed by atoms with Crippen molar-refractivity contribution in [3.8, 4) is 0 Å². The average Bonchev–Trinajstić information content (AvgIpc) is 3.13. The molecule has 0 bridgehead atoms. The van der Waals surface area contributed by atoms with Crippen molar-refractivity contribution in [3.63, 3.8) is 0 Å². The average molecular weight is 674 g/mol. The van der Waals surface area contributed by atoms with E-state index in [4.69, 9.17) is 10.7 Å². The second-order valence-electron chi connectivity index (χ2n) is 13.7. The number of fused-ring (bicyclic) bond motifs is 2. The molecule has 1 saturated heterocycles. The summed E-state index contributed by atoms with van der Waals surface area (Å²) < 4.78 is 0. The number of anilines is 3. The summed E-state index contributed by atoms with van der Waals surface area (Å²) in [7, 11) is 0. The molecule has 5 rings (SSSR count). The van der Waals surface area contributed by atoms with Crippen LogP contribution in [0.5, 0.6) is 0 Å². The number of piperazine rings is 1. The summed E-state index contributed by atoms with van der Waals surface area (Å²) in [5.74, 6) is 0.747. The summed E-state index contributed by atoms with van der Waals surface area (Å²) in [6.07, 6.45) is 17.6. The highest BCUT2D eigenvalue weighted by Gasteiger charge is 2.21. The zero-order valence-electron chi connectivity index (χ0n) is 29.5. The number of hydrogen-bond acceptors (Lipinski definition) is 10. The molecule has 268 valence electrons. The van der Waals surface area contributed by atoms with Crippen molar-refractivity contribution >= 4 is 34.2 Å². The maximum absolute atomic E-state index is 12.2. The molecule has 3 aromatic rings. The van der Waals surface area contributed by atoms with E-state index in [2.05, 4.69) is 60.0 Å². The van der Waals surface area contributed by atoms with Gasteiger partial charge in [-0.3, -0.25) is 4.90 Å². The van der Waals surface area contributed by atoms with Gasteiger partial charge < -0.3 is 31.7 Å². The van der Waals surface area contributed by atoms with E-state index in [0.29, 0.717) is 18.8 Å². The van der Waals surface area contributed by atoms with Gasteiger partial charge in [-0.1, -0.05) is 44.6 Å². The molecule has 11 nitrogen and oxygen atoms in total. The number of hydrogen-bond donors (Lipinski definition) is 5. The number of unbranched alkanes of at least 4 members (excludes halogenated alkanes) is 8. The van der Waals surface area contributed by atoms with Crippen LogP contribution in [0.2, 0.25) is 0 Å². The van der Waals surface area contributed by atoms with E-state index in [1.807, 2.05) is 6.07 Å². The van der Waals surface area contributed by atoms with E-state index in [1.54, 1.807) is 0 Å². The predicted molar refractivity (Wildman–Crippen MR) is 201 cm³/mol. The number of carbonyl (C=O) groups is 1. The molecule has 0 aliphatic carbocycles. The first-order valence-electron chi connectivity index (χ1n) is 19.0. The standard InChI is InChI=1S/C38H59N9O2/c39-19-8-5-3-1-2-4-6-10-23-46-24-26-47(27-25-46)32-16-17-34-33(28-32)37(43-29-42-34)45-35(38(48)49)18-22-40-20-9-7-13-31-15-14-30-12-11-21-41-36(30)44-31/h14-17,28-29,35,40H,1-13,18-27,39H2,(H,41,44)(H,48,49)(H,42,43,45). The number of pyridine rings is 1. The van der Waals surface area contributed by atoms with Crippen LogP contribution in [-0.2, 0) is 17.6 Å². The molecule has 0 radical (unpaired) electrons. The van der Waals surface area contributed by atoms with Crippen LogP contribution < -0.4 is 26.6 Å². The highest BCUT2D eigenvalue weighted by molar-refractivity contribution is 5.93. The number of aliphatic carboxylic acids is 1. The van der Waals surface area contributed by atoms with Crippen molar-refractivity contribution in [1.82, 2.24) is 25.2 Å². The Hall–Kier alpha value is -3.54. The fourth-order valence-corrected chi connectivity index (χ4v) is 6.98. The predicted octanol–water partition coefficient (Wildman–Crippen LogP) is 5.45. The molecule has 2 aliphatic heterocycles. The van der Waals surface area contributed by atoms with Crippen LogP contribution in [0.4, 0.5) is 17.3 Å². The van der Waals surface area contributed by atoms with Crippen LogP contribution in [0.3, 0.4) is 0 Å². The van der Waals surface area contributed by atoms with Crippen LogP contribution in [0.25, 0.3) is 10.9 Å². The van der Waals surface area contributed by atoms with Crippen LogP contribution >= 0.6 is 0 Å². The van der Waals surface area contributed by atoms with Gasteiger partial charge in [0.2, 0.25) is 0 Å². The van der Waals surface area contributed by atoms with Gasteiger partial charge in [0.25, 0.3) is 0 Å². The summed E-state index contributed by atoms with van der Waals surface area (Å²) >= 11 is 0. The number of rotatable bonds is 22. The van der Waals surface area contributed by atoms with Gasteiger partial charge in [0.1, 0.15) is 24.0 Å². The lowest BCUT2D eigenvalue weighted by Gasteiger charge is -2.36. The first kappa shape index (κ1) is 36.7. The summed E-state index contributed by atoms with van der Waals surface area (Å²) in [6, 6.07) is 9.88. The van der Waals surface area contributed by atoms with Crippen LogP contribution in [0, 0.1) is 0 Å². The molecular weight excluding hydrogens is 614 g/mol. The Morgan fingerprint density at radius 3 is 2.51 bits per heavy atom. The number of nitrogens with one attached hydrogen (secondary N) is 3. The normalized spacial score (nSPS) is 15.6. The lowest BCUT2D eigenvalue weighted by Crippen LogP contribution is -2.46. The van der Waals surface area contributed by atoms with Gasteiger partial charge in [-0.05, 0) is 107 Å². The van der Waals surface area contributed by atoms with Crippen molar-refractivity contribution < 1.29 is 9.90 Å². The Bertz CT molecular complexity index is 1430. The van der Waals surface area contributed by atoms with Crippen molar-refractivity contribution in [3.05, 3.63) is 47.9 Å². The number of aryl methyl sites for hydroxylation is 2. The molecule has 1 unspecified atom stereocenters. The molecular formula is C38H59N9O2. The first-order valence-corrected chi connectivity index (χ1v) is 19.0. The molecule has 49 heavy (non-hydrogen) atoms. The Morgan fingerprint density at radius 2 is 1.71 bits per heavy atom. The van der Waals surface area contributed by atoms with E-state index in [9.17, 15) is 9.90 Å². The van der Waals surface area contributed by atoms with Gasteiger partial charge in [0.15, 0.2) is 0 Å².